The number of hydrogen-bond acceptors (Lipinski definition) is 3. The molecular weight excluding hydrogens is 240 g/mol. The Labute approximate surface area is 115 Å². The molecule has 1 aliphatic heterocycles. The number of ether oxygens (including phenoxy) is 3. The molecule has 1 aromatic carbocycles. The van der Waals surface area contributed by atoms with E-state index in [9.17, 15) is 0 Å². The van der Waals surface area contributed by atoms with Crippen molar-refractivity contribution in [3.63, 3.8) is 0 Å². The van der Waals surface area contributed by atoms with Gasteiger partial charge in [0.25, 0.3) is 0 Å². The normalized spacial score (nSPS) is 17.4. The summed E-state index contributed by atoms with van der Waals surface area (Å²) >= 11 is 0. The van der Waals surface area contributed by atoms with Crippen LogP contribution in [0.2, 0.25) is 0 Å². The largest absolute Gasteiger partial charge is 0.493 e. The fourth-order valence-electron chi connectivity index (χ4n) is 2.18. The van der Waals surface area contributed by atoms with Crippen LogP contribution in [-0.2, 0) is 14.9 Å². The summed E-state index contributed by atoms with van der Waals surface area (Å²) in [6.07, 6.45) is 1.67. The van der Waals surface area contributed by atoms with Gasteiger partial charge in [0.2, 0.25) is 0 Å². The Kier molecular flexibility index (Phi) is 4.83. The average molecular weight is 264 g/mol. The van der Waals surface area contributed by atoms with E-state index in [-0.39, 0.29) is 11.7 Å². The third kappa shape index (κ3) is 4.22. The summed E-state index contributed by atoms with van der Waals surface area (Å²) in [4.78, 5) is 0. The first-order chi connectivity index (χ1) is 9.07. The predicted octanol–water partition coefficient (Wildman–Crippen LogP) is 3.52. The summed E-state index contributed by atoms with van der Waals surface area (Å²) in [7, 11) is 0. The first kappa shape index (κ1) is 14.4. The van der Waals surface area contributed by atoms with Gasteiger partial charge in [0.1, 0.15) is 5.75 Å². The molecule has 19 heavy (non-hydrogen) atoms. The SMILES string of the molecule is CC(C)(C)c1ccccc1OCCC1OCCCO1. The van der Waals surface area contributed by atoms with Crippen LogP contribution in [0.25, 0.3) is 0 Å². The van der Waals surface area contributed by atoms with Crippen LogP contribution in [0, 0.1) is 0 Å². The van der Waals surface area contributed by atoms with Crippen LogP contribution in [0.3, 0.4) is 0 Å². The molecule has 0 spiro atoms. The van der Waals surface area contributed by atoms with Crippen molar-refractivity contribution in [1.82, 2.24) is 0 Å². The molecule has 0 saturated carbocycles. The van der Waals surface area contributed by atoms with Gasteiger partial charge in [-0.1, -0.05) is 39.0 Å². The van der Waals surface area contributed by atoms with Crippen LogP contribution in [0.15, 0.2) is 24.3 Å². The first-order valence-electron chi connectivity index (χ1n) is 7.03. The summed E-state index contributed by atoms with van der Waals surface area (Å²) in [6, 6.07) is 8.23. The lowest BCUT2D eigenvalue weighted by Crippen LogP contribution is -2.26. The summed E-state index contributed by atoms with van der Waals surface area (Å²) in [5, 5.41) is 0. The lowest BCUT2D eigenvalue weighted by atomic mass is 9.86. The van der Waals surface area contributed by atoms with Crippen molar-refractivity contribution >= 4 is 0 Å². The van der Waals surface area contributed by atoms with Gasteiger partial charge in [-0.15, -0.1) is 0 Å². The highest BCUT2D eigenvalue weighted by Crippen LogP contribution is 2.31. The monoisotopic (exact) mass is 264 g/mol. The van der Waals surface area contributed by atoms with Gasteiger partial charge in [0, 0.05) is 6.42 Å². The second-order valence-electron chi connectivity index (χ2n) is 5.91. The van der Waals surface area contributed by atoms with Crippen molar-refractivity contribution in [3.05, 3.63) is 29.8 Å². The maximum atomic E-state index is 5.91. The van der Waals surface area contributed by atoms with Gasteiger partial charge in [0.15, 0.2) is 6.29 Å². The molecule has 3 heteroatoms. The van der Waals surface area contributed by atoms with Gasteiger partial charge < -0.3 is 14.2 Å². The zero-order valence-corrected chi connectivity index (χ0v) is 12.1. The maximum Gasteiger partial charge on any atom is 0.160 e. The summed E-state index contributed by atoms with van der Waals surface area (Å²) in [6.45, 7) is 8.80. The van der Waals surface area contributed by atoms with Gasteiger partial charge >= 0.3 is 0 Å². The van der Waals surface area contributed by atoms with Crippen molar-refractivity contribution in [3.8, 4) is 5.75 Å². The van der Waals surface area contributed by atoms with E-state index in [2.05, 4.69) is 32.9 Å². The highest BCUT2D eigenvalue weighted by molar-refractivity contribution is 5.38. The average Bonchev–Trinajstić information content (AvgIpc) is 2.39. The molecule has 0 amide bonds. The van der Waals surface area contributed by atoms with Gasteiger partial charge in [-0.05, 0) is 23.5 Å². The summed E-state index contributed by atoms with van der Waals surface area (Å²) < 4.78 is 16.9. The van der Waals surface area contributed by atoms with Gasteiger partial charge in [-0.25, -0.2) is 0 Å². The quantitative estimate of drug-likeness (QED) is 0.833. The van der Waals surface area contributed by atoms with Crippen LogP contribution in [-0.4, -0.2) is 26.1 Å². The summed E-state index contributed by atoms with van der Waals surface area (Å²) in [5.74, 6) is 0.964. The standard InChI is InChI=1S/C16H24O3/c1-16(2,3)13-7-4-5-8-14(13)17-12-9-15-18-10-6-11-19-15/h4-5,7-8,15H,6,9-12H2,1-3H3. The molecule has 2 rings (SSSR count). The van der Waals surface area contributed by atoms with Crippen LogP contribution in [0.5, 0.6) is 5.75 Å². The Bertz CT molecular complexity index is 389. The lowest BCUT2D eigenvalue weighted by Gasteiger charge is -2.25. The van der Waals surface area contributed by atoms with Gasteiger partial charge in [-0.3, -0.25) is 0 Å². The molecule has 1 heterocycles. The molecule has 1 aromatic rings. The van der Waals surface area contributed by atoms with E-state index in [0.717, 1.165) is 31.8 Å². The molecule has 106 valence electrons. The Morgan fingerprint density at radius 3 is 2.53 bits per heavy atom. The minimum absolute atomic E-state index is 0.0917. The second-order valence-corrected chi connectivity index (χ2v) is 5.91. The molecule has 3 nitrogen and oxygen atoms in total. The maximum absolute atomic E-state index is 5.91. The summed E-state index contributed by atoms with van der Waals surface area (Å²) in [5.41, 5.74) is 1.33. The van der Waals surface area contributed by atoms with Crippen LogP contribution in [0.1, 0.15) is 39.2 Å². The van der Waals surface area contributed by atoms with E-state index in [4.69, 9.17) is 14.2 Å². The van der Waals surface area contributed by atoms with E-state index in [0.29, 0.717) is 6.61 Å². The second kappa shape index (κ2) is 6.40. The van der Waals surface area contributed by atoms with E-state index >= 15 is 0 Å². The zero-order chi connectivity index (χ0) is 13.7. The Hall–Kier alpha value is -1.06. The predicted molar refractivity (Wildman–Crippen MR) is 75.6 cm³/mol. The van der Waals surface area contributed by atoms with Crippen molar-refractivity contribution in [2.75, 3.05) is 19.8 Å². The smallest absolute Gasteiger partial charge is 0.160 e. The first-order valence-corrected chi connectivity index (χ1v) is 7.03. The molecule has 0 N–H and O–H groups in total. The molecule has 0 radical (unpaired) electrons. The third-order valence-corrected chi connectivity index (χ3v) is 3.20. The Morgan fingerprint density at radius 2 is 1.84 bits per heavy atom. The minimum atomic E-state index is -0.101. The number of rotatable bonds is 4. The minimum Gasteiger partial charge on any atom is -0.493 e. The molecule has 0 bridgehead atoms. The molecular formula is C16H24O3. The highest BCUT2D eigenvalue weighted by Gasteiger charge is 2.19. The van der Waals surface area contributed by atoms with Crippen molar-refractivity contribution in [2.45, 2.75) is 45.3 Å². The molecule has 0 atom stereocenters. The van der Waals surface area contributed by atoms with Gasteiger partial charge in [-0.2, -0.15) is 0 Å². The van der Waals surface area contributed by atoms with E-state index < -0.39 is 0 Å². The molecule has 1 saturated heterocycles. The van der Waals surface area contributed by atoms with E-state index in [1.165, 1.54) is 5.56 Å². The number of hydrogen-bond donors (Lipinski definition) is 0. The van der Waals surface area contributed by atoms with Crippen molar-refractivity contribution in [1.29, 1.82) is 0 Å². The Morgan fingerprint density at radius 1 is 1.16 bits per heavy atom. The van der Waals surface area contributed by atoms with E-state index in [1.54, 1.807) is 0 Å². The van der Waals surface area contributed by atoms with Crippen LogP contribution >= 0.6 is 0 Å². The third-order valence-electron chi connectivity index (χ3n) is 3.20. The molecule has 1 fully saturated rings. The molecule has 1 aliphatic rings. The van der Waals surface area contributed by atoms with Crippen molar-refractivity contribution < 1.29 is 14.2 Å². The topological polar surface area (TPSA) is 27.7 Å². The fraction of sp³-hybridized carbons (Fsp3) is 0.625. The fourth-order valence-corrected chi connectivity index (χ4v) is 2.18. The molecule has 0 aliphatic carbocycles. The molecule has 0 unspecified atom stereocenters. The Balaban J connectivity index is 1.88. The van der Waals surface area contributed by atoms with Crippen LogP contribution < -0.4 is 4.74 Å². The zero-order valence-electron chi connectivity index (χ0n) is 12.1. The van der Waals surface area contributed by atoms with E-state index in [1.807, 2.05) is 12.1 Å². The number of benzene rings is 1. The van der Waals surface area contributed by atoms with Gasteiger partial charge in [0.05, 0.1) is 19.8 Å². The molecule has 0 aromatic heterocycles. The number of para-hydroxylation sites is 1. The highest BCUT2D eigenvalue weighted by atomic mass is 16.7. The lowest BCUT2D eigenvalue weighted by molar-refractivity contribution is -0.183. The van der Waals surface area contributed by atoms with Crippen molar-refractivity contribution in [2.24, 2.45) is 0 Å². The van der Waals surface area contributed by atoms with Crippen LogP contribution in [0.4, 0.5) is 0 Å².